The van der Waals surface area contributed by atoms with Crippen molar-refractivity contribution < 1.29 is 90.4 Å². The lowest BCUT2D eigenvalue weighted by molar-refractivity contribution is -0.814. The second-order valence-electron chi connectivity index (χ2n) is 38.6. The van der Waals surface area contributed by atoms with Crippen LogP contribution in [-0.4, -0.2) is 135 Å². The average Bonchev–Trinajstić information content (AvgIpc) is 1.56. The molecule has 742 valence electrons. The summed E-state index contributed by atoms with van der Waals surface area (Å²) in [5, 5.41) is 23.0. The summed E-state index contributed by atoms with van der Waals surface area (Å²) in [6.07, 6.45) is 0. The Hall–Kier alpha value is -16.1. The van der Waals surface area contributed by atoms with E-state index in [0.717, 1.165) is 34.1 Å². The van der Waals surface area contributed by atoms with Crippen LogP contribution < -0.4 is 48.1 Å². The first-order valence-corrected chi connectivity index (χ1v) is 48.7. The number of aromatic nitrogens is 6. The van der Waals surface area contributed by atoms with Gasteiger partial charge >= 0.3 is 35.8 Å². The minimum atomic E-state index is -1.44. The Labute approximate surface area is 840 Å². The van der Waals surface area contributed by atoms with Crippen LogP contribution >= 0.6 is 0 Å². The number of fused-ring (bicyclic) bond motifs is 2. The van der Waals surface area contributed by atoms with E-state index in [1.54, 1.807) is 155 Å². The average molecular weight is 1940 g/mol. The summed E-state index contributed by atoms with van der Waals surface area (Å²) in [4.78, 5) is 91.0. The van der Waals surface area contributed by atoms with Crippen molar-refractivity contribution in [2.75, 3.05) is 89.1 Å². The third-order valence-electron chi connectivity index (χ3n) is 23.1. The number of benzene rings is 13. The molecule has 0 amide bonds. The molecule has 26 nitrogen and oxygen atoms in total. The first kappa shape index (κ1) is 102. The summed E-state index contributed by atoms with van der Waals surface area (Å²) >= 11 is 0. The number of anilines is 6. The van der Waals surface area contributed by atoms with Gasteiger partial charge in [0.2, 0.25) is 0 Å². The summed E-state index contributed by atoms with van der Waals surface area (Å²) in [5.74, 6) is -1.21. The maximum Gasteiger partial charge on any atom is 0.338 e. The first-order chi connectivity index (χ1) is 69.6. The number of carbonyl (C=O) groups excluding carboxylic acids is 6. The molecule has 13 aromatic carbocycles. The lowest BCUT2D eigenvalue weighted by Gasteiger charge is -2.33. The van der Waals surface area contributed by atoms with Crippen LogP contribution in [0.4, 0.5) is 34.1 Å². The summed E-state index contributed by atoms with van der Waals surface area (Å²) in [5.41, 5.74) is 7.48. The van der Waals surface area contributed by atoms with Crippen LogP contribution in [-0.2, 0) is 41.5 Å². The highest BCUT2D eigenvalue weighted by molar-refractivity contribution is 6.16. The molecule has 0 saturated heterocycles. The fraction of sp³-hybridized carbons (Fsp3) is 0.288. The van der Waals surface area contributed by atoms with Crippen molar-refractivity contribution in [1.29, 1.82) is 0 Å². The predicted octanol–water partition coefficient (Wildman–Crippen LogP) is 23.8. The normalized spacial score (nSPS) is 11.6. The number of hydrogen-bond acceptors (Lipinski definition) is 23. The molecule has 0 N–H and O–H groups in total. The first-order valence-electron chi connectivity index (χ1n) is 48.7. The molecule has 0 aliphatic heterocycles. The van der Waals surface area contributed by atoms with E-state index in [4.69, 9.17) is 77.2 Å². The Morgan fingerprint density at radius 2 is 0.521 bits per heavy atom. The predicted molar refractivity (Wildman–Crippen MR) is 554 cm³/mol. The molecule has 0 bridgehead atoms. The van der Waals surface area contributed by atoms with Crippen molar-refractivity contribution in [3.05, 3.63) is 349 Å². The molecule has 0 atom stereocenters. The van der Waals surface area contributed by atoms with Gasteiger partial charge in [0.15, 0.2) is 6.54 Å². The molecule has 0 radical (unpaired) electrons. The molecular weight excluding hydrogens is 1820 g/mol. The summed E-state index contributed by atoms with van der Waals surface area (Å²) in [6.45, 7) is 22.8. The van der Waals surface area contributed by atoms with Gasteiger partial charge in [-0.15, -0.1) is 0 Å². The zero-order valence-electron chi connectivity index (χ0n) is 83.3. The minimum absolute atomic E-state index is 0.0523. The van der Waals surface area contributed by atoms with Gasteiger partial charge in [-0.3, -0.25) is 0 Å². The van der Waals surface area contributed by atoms with Crippen molar-refractivity contribution in [1.82, 2.24) is 25.2 Å². The number of rotatable bonds is 48. The van der Waals surface area contributed by atoms with E-state index in [2.05, 4.69) is 58.3 Å². The molecule has 0 aliphatic rings. The van der Waals surface area contributed by atoms with Crippen LogP contribution in [0.2, 0.25) is 0 Å². The highest BCUT2D eigenvalue weighted by atomic mass is 16.6. The number of nitrogens with zero attached hydrogens (tertiary/aromatic N) is 8. The van der Waals surface area contributed by atoms with Gasteiger partial charge in [-0.05, 0) is 229 Å². The smallest absolute Gasteiger partial charge is 0.338 e. The Balaban J connectivity index is 0.978. The maximum atomic E-state index is 13.9. The van der Waals surface area contributed by atoms with E-state index < -0.39 is 46.6 Å². The molecule has 0 fully saturated rings. The van der Waals surface area contributed by atoms with Crippen molar-refractivity contribution in [3.8, 4) is 56.8 Å². The number of esters is 6. The van der Waals surface area contributed by atoms with Crippen molar-refractivity contribution in [3.63, 3.8) is 0 Å². The fourth-order valence-corrected chi connectivity index (χ4v) is 15.8. The third-order valence-corrected chi connectivity index (χ3v) is 23.1. The second kappa shape index (κ2) is 48.4. The Bertz CT molecular complexity index is 5970. The third kappa shape index (κ3) is 27.4. The van der Waals surface area contributed by atoms with Gasteiger partial charge in [-0.2, -0.15) is 30.0 Å². The highest BCUT2D eigenvalue weighted by Gasteiger charge is 2.42. The second-order valence-corrected chi connectivity index (χ2v) is 38.6. The summed E-state index contributed by atoms with van der Waals surface area (Å²) in [6, 6.07) is 96.9. The molecule has 2 heterocycles. The van der Waals surface area contributed by atoms with Gasteiger partial charge in [0.1, 0.15) is 90.6 Å². The number of para-hydroxylation sites is 4. The lowest BCUT2D eigenvalue weighted by atomic mass is 9.90. The van der Waals surface area contributed by atoms with Crippen molar-refractivity contribution in [2.24, 2.45) is 46.3 Å². The van der Waals surface area contributed by atoms with Gasteiger partial charge in [0.05, 0.1) is 85.0 Å². The number of carbonyl (C=O) groups is 6. The highest BCUT2D eigenvalue weighted by Crippen LogP contribution is 2.45. The van der Waals surface area contributed by atoms with Crippen LogP contribution in [0.5, 0.6) is 34.5 Å². The van der Waals surface area contributed by atoms with E-state index in [-0.39, 0.29) is 161 Å². The molecule has 144 heavy (non-hydrogen) atoms. The molecule has 2 aromatic heterocycles. The molecule has 15 aromatic rings. The van der Waals surface area contributed by atoms with Gasteiger partial charge < -0.3 is 66.6 Å². The Morgan fingerprint density at radius 3 is 0.778 bits per heavy atom. The van der Waals surface area contributed by atoms with Crippen LogP contribution in [0, 0.1) is 46.3 Å². The summed E-state index contributed by atoms with van der Waals surface area (Å²) in [7, 11) is 0. The Kier molecular flexibility index (Phi) is 34.4. The van der Waals surface area contributed by atoms with Gasteiger partial charge in [-0.25, -0.2) is 28.8 Å². The van der Waals surface area contributed by atoms with Crippen LogP contribution in [0.15, 0.2) is 315 Å². The van der Waals surface area contributed by atoms with Gasteiger partial charge in [0.25, 0.3) is 0 Å². The minimum Gasteiger partial charge on any atom is -0.493 e. The largest absolute Gasteiger partial charge is 0.493 e. The monoisotopic (exact) mass is 1940 g/mol. The molecule has 15 rings (SSSR count). The van der Waals surface area contributed by atoms with Gasteiger partial charge in [-0.1, -0.05) is 217 Å². The SMILES string of the molecule is CC(C)COC(=O)c1cccc(OCC(COc2cccc(C(=O)OCC(C)C)c2)(COc2cccc(C(=O)OCC(C)C)c2)Cn2nc3c(-c4ccc(N(c5ccccc5)c5ccccc5)cc4)c4n[n+](CC(COc5cccc(C(=O)OCC(C)C)c5)(COc5cccc(C(=O)OCC(C)C)c5)COc5cccc(C(=O)OCC(C)C)c5)[n-]c4c(-c4ccc(N(c5ccccc5)c5ccccc5)cc4)c3n2)c1. The maximum absolute atomic E-state index is 13.9. The van der Waals surface area contributed by atoms with Crippen molar-refractivity contribution >= 4 is 92.0 Å². The summed E-state index contributed by atoms with van der Waals surface area (Å²) < 4.78 is 76.9. The van der Waals surface area contributed by atoms with E-state index in [1.807, 2.05) is 204 Å². The topological polar surface area (TPSA) is 281 Å². The fourth-order valence-electron chi connectivity index (χ4n) is 15.8. The van der Waals surface area contributed by atoms with E-state index in [0.29, 0.717) is 78.8 Å². The molecule has 0 saturated carbocycles. The zero-order chi connectivity index (χ0) is 101. The standard InChI is InChI=1S/C118H122N8O18/c1-79(2)65-133-111(127)87-31-25-45-99(59-87)139-73-117(74-140-100-46-26-32-88(60-100)112(128)134-66-80(3)4,75-141-101-47-27-33-89(61-101)113(129)135-67-81(5)6)71-123-119-107-105(85-51-55-97(56-52-85)125(93-37-17-13-18-38-93)94-39-19-14-20-40-94)109-110(106(108(107)120-123)86-53-57-98(58-54-86)126(95-41-21-15-22-42-95)96-43-23-16-24-44-96)122-124(121-109)72-118(76-142-102-48-28-34-90(62-102)114(130)136-68-82(7)8,77-143-103-49-29-35-91(63-103)115(131)137-69-83(9)10)78-144-104-50-30-36-92(64-104)116(132)138-70-84(11)12/h13-64,79-84H,65-78H2,1-12H3. The van der Waals surface area contributed by atoms with E-state index >= 15 is 0 Å². The molecule has 0 aliphatic carbocycles. The molecule has 26 heteroatoms. The van der Waals surface area contributed by atoms with Gasteiger partial charge in [0, 0.05) is 56.3 Å². The number of hydrogen-bond donors (Lipinski definition) is 0. The van der Waals surface area contributed by atoms with E-state index in [1.165, 1.54) is 0 Å². The van der Waals surface area contributed by atoms with E-state index in [9.17, 15) is 28.8 Å². The lowest BCUT2D eigenvalue weighted by Crippen LogP contribution is -2.55. The van der Waals surface area contributed by atoms with Crippen LogP contribution in [0.3, 0.4) is 0 Å². The zero-order valence-corrected chi connectivity index (χ0v) is 83.3. The van der Waals surface area contributed by atoms with Crippen LogP contribution in [0.1, 0.15) is 145 Å². The quantitative estimate of drug-likeness (QED) is 0.0194. The number of ether oxygens (including phenoxy) is 12. The Morgan fingerprint density at radius 1 is 0.285 bits per heavy atom. The van der Waals surface area contributed by atoms with Crippen molar-refractivity contribution in [2.45, 2.75) is 96.2 Å². The molecule has 0 spiro atoms. The molecule has 0 unspecified atom stereocenters. The van der Waals surface area contributed by atoms with Crippen LogP contribution in [0.25, 0.3) is 44.3 Å². The molecular formula is C118H122N8O18.